The molecule has 0 bridgehead atoms. The van der Waals surface area contributed by atoms with Gasteiger partial charge in [-0.3, -0.25) is 0 Å². The van der Waals surface area contributed by atoms with Gasteiger partial charge in [-0.15, -0.1) is 0 Å². The quantitative estimate of drug-likeness (QED) is 0.847. The van der Waals surface area contributed by atoms with Crippen molar-refractivity contribution in [1.29, 1.82) is 0 Å². The van der Waals surface area contributed by atoms with Crippen LogP contribution in [0.4, 0.5) is 0 Å². The molecule has 1 heterocycles. The lowest BCUT2D eigenvalue weighted by Gasteiger charge is -2.22. The molecule has 0 amide bonds. The second-order valence-corrected chi connectivity index (χ2v) is 5.72. The fourth-order valence-electron chi connectivity index (χ4n) is 2.44. The molecule has 0 aliphatic rings. The van der Waals surface area contributed by atoms with Gasteiger partial charge in [0.15, 0.2) is 0 Å². The van der Waals surface area contributed by atoms with Crippen molar-refractivity contribution in [3.8, 4) is 5.75 Å². The lowest BCUT2D eigenvalue weighted by atomic mass is 9.96. The van der Waals surface area contributed by atoms with E-state index in [1.807, 2.05) is 6.92 Å². The molecule has 1 N–H and O–H groups in total. The minimum Gasteiger partial charge on any atom is -0.494 e. The highest BCUT2D eigenvalue weighted by Gasteiger charge is 2.20. The second kappa shape index (κ2) is 6.91. The predicted molar refractivity (Wildman–Crippen MR) is 86.9 cm³/mol. The van der Waals surface area contributed by atoms with Gasteiger partial charge in [0, 0.05) is 5.56 Å². The molecule has 0 saturated heterocycles. The highest BCUT2D eigenvalue weighted by atomic mass is 32.1. The molecule has 0 fully saturated rings. The van der Waals surface area contributed by atoms with E-state index in [0.29, 0.717) is 6.61 Å². The largest absolute Gasteiger partial charge is 0.494 e. The maximum atomic E-state index is 5.82. The molecular weight excluding hydrogens is 266 g/mol. The zero-order chi connectivity index (χ0) is 14.5. The maximum absolute atomic E-state index is 5.82. The van der Waals surface area contributed by atoms with Gasteiger partial charge < -0.3 is 10.1 Å². The van der Waals surface area contributed by atoms with Gasteiger partial charge in [-0.1, -0.05) is 24.6 Å². The van der Waals surface area contributed by atoms with Crippen molar-refractivity contribution >= 4 is 11.3 Å². The maximum Gasteiger partial charge on any atom is 0.124 e. The molecule has 1 unspecified atom stereocenters. The monoisotopic (exact) mass is 289 g/mol. The van der Waals surface area contributed by atoms with Gasteiger partial charge in [-0.2, -0.15) is 11.3 Å². The van der Waals surface area contributed by atoms with Crippen molar-refractivity contribution in [1.82, 2.24) is 5.32 Å². The summed E-state index contributed by atoms with van der Waals surface area (Å²) < 4.78 is 5.82. The van der Waals surface area contributed by atoms with Crippen LogP contribution in [0.15, 0.2) is 29.0 Å². The van der Waals surface area contributed by atoms with E-state index < -0.39 is 0 Å². The van der Waals surface area contributed by atoms with E-state index in [2.05, 4.69) is 55.0 Å². The SMILES string of the molecule is CCNC(c1cscc1C)c1cc(C)ccc1OCC. The predicted octanol–water partition coefficient (Wildman–Crippen LogP) is 4.46. The molecule has 2 rings (SSSR count). The van der Waals surface area contributed by atoms with Crippen molar-refractivity contribution in [3.63, 3.8) is 0 Å². The van der Waals surface area contributed by atoms with Gasteiger partial charge in [0.25, 0.3) is 0 Å². The Morgan fingerprint density at radius 1 is 1.15 bits per heavy atom. The first-order chi connectivity index (χ1) is 9.67. The van der Waals surface area contributed by atoms with Crippen molar-refractivity contribution in [2.45, 2.75) is 33.7 Å². The zero-order valence-electron chi connectivity index (χ0n) is 12.7. The Bertz CT molecular complexity index is 562. The average Bonchev–Trinajstić information content (AvgIpc) is 2.85. The number of hydrogen-bond acceptors (Lipinski definition) is 3. The summed E-state index contributed by atoms with van der Waals surface area (Å²) in [6.07, 6.45) is 0. The molecule has 0 aliphatic carbocycles. The van der Waals surface area contributed by atoms with Crippen LogP contribution < -0.4 is 10.1 Å². The Hall–Kier alpha value is -1.32. The fraction of sp³-hybridized carbons (Fsp3) is 0.412. The molecule has 2 nitrogen and oxygen atoms in total. The summed E-state index contributed by atoms with van der Waals surface area (Å²) in [6.45, 7) is 10.1. The molecule has 3 heteroatoms. The first-order valence-corrected chi connectivity index (χ1v) is 8.11. The van der Waals surface area contributed by atoms with E-state index in [0.717, 1.165) is 12.3 Å². The highest BCUT2D eigenvalue weighted by molar-refractivity contribution is 7.08. The molecule has 1 atom stereocenters. The van der Waals surface area contributed by atoms with Crippen LogP contribution in [-0.2, 0) is 0 Å². The van der Waals surface area contributed by atoms with Crippen LogP contribution in [0.25, 0.3) is 0 Å². The van der Waals surface area contributed by atoms with Crippen molar-refractivity contribution in [2.75, 3.05) is 13.2 Å². The smallest absolute Gasteiger partial charge is 0.124 e. The zero-order valence-corrected chi connectivity index (χ0v) is 13.5. The van der Waals surface area contributed by atoms with E-state index >= 15 is 0 Å². The average molecular weight is 289 g/mol. The fourth-order valence-corrected chi connectivity index (χ4v) is 3.31. The minimum atomic E-state index is 0.202. The summed E-state index contributed by atoms with van der Waals surface area (Å²) in [5.74, 6) is 0.981. The van der Waals surface area contributed by atoms with Crippen molar-refractivity contribution in [2.24, 2.45) is 0 Å². The number of thiophene rings is 1. The van der Waals surface area contributed by atoms with Gasteiger partial charge in [-0.05, 0) is 55.3 Å². The summed E-state index contributed by atoms with van der Waals surface area (Å²) in [5.41, 5.74) is 5.18. The molecular formula is C17H23NOS. The number of hydrogen-bond donors (Lipinski definition) is 1. The van der Waals surface area contributed by atoms with E-state index in [4.69, 9.17) is 4.74 Å². The van der Waals surface area contributed by atoms with Gasteiger partial charge in [-0.25, -0.2) is 0 Å². The normalized spacial score (nSPS) is 12.4. The molecule has 0 saturated carbocycles. The van der Waals surface area contributed by atoms with Crippen LogP contribution in [0, 0.1) is 13.8 Å². The third-order valence-electron chi connectivity index (χ3n) is 3.39. The van der Waals surface area contributed by atoms with Crippen molar-refractivity contribution in [3.05, 3.63) is 51.2 Å². The molecule has 1 aromatic heterocycles. The van der Waals surface area contributed by atoms with Gasteiger partial charge >= 0.3 is 0 Å². The number of rotatable bonds is 6. The van der Waals surface area contributed by atoms with Crippen LogP contribution in [-0.4, -0.2) is 13.2 Å². The molecule has 0 radical (unpaired) electrons. The van der Waals surface area contributed by atoms with Gasteiger partial charge in [0.1, 0.15) is 5.75 Å². The van der Waals surface area contributed by atoms with Crippen LogP contribution in [0.5, 0.6) is 5.75 Å². The molecule has 2 aromatic rings. The topological polar surface area (TPSA) is 21.3 Å². The number of ether oxygens (including phenoxy) is 1. The standard InChI is InChI=1S/C17H23NOS/c1-5-18-17(15-11-20-10-13(15)4)14-9-12(3)7-8-16(14)19-6-2/h7-11,17-18H,5-6H2,1-4H3. The molecule has 0 spiro atoms. The molecule has 108 valence electrons. The third kappa shape index (κ3) is 3.22. The third-order valence-corrected chi connectivity index (χ3v) is 4.27. The number of nitrogens with one attached hydrogen (secondary N) is 1. The lowest BCUT2D eigenvalue weighted by Crippen LogP contribution is -2.23. The summed E-state index contributed by atoms with van der Waals surface area (Å²) in [4.78, 5) is 0. The van der Waals surface area contributed by atoms with E-state index in [-0.39, 0.29) is 6.04 Å². The Morgan fingerprint density at radius 2 is 1.95 bits per heavy atom. The summed E-state index contributed by atoms with van der Waals surface area (Å²) >= 11 is 1.76. The Kier molecular flexibility index (Phi) is 5.21. The van der Waals surface area contributed by atoms with Crippen LogP contribution in [0.3, 0.4) is 0 Å². The van der Waals surface area contributed by atoms with E-state index in [1.54, 1.807) is 11.3 Å². The second-order valence-electron chi connectivity index (χ2n) is 4.98. The summed E-state index contributed by atoms with van der Waals surface area (Å²) in [6, 6.07) is 6.63. The molecule has 0 aliphatic heterocycles. The summed E-state index contributed by atoms with van der Waals surface area (Å²) in [5, 5.41) is 8.04. The number of benzene rings is 1. The van der Waals surface area contributed by atoms with Crippen LogP contribution in [0.2, 0.25) is 0 Å². The van der Waals surface area contributed by atoms with Gasteiger partial charge in [0.2, 0.25) is 0 Å². The first-order valence-electron chi connectivity index (χ1n) is 7.16. The minimum absolute atomic E-state index is 0.202. The highest BCUT2D eigenvalue weighted by Crippen LogP contribution is 2.34. The Balaban J connectivity index is 2.48. The molecule has 20 heavy (non-hydrogen) atoms. The van der Waals surface area contributed by atoms with E-state index in [1.165, 1.54) is 22.3 Å². The number of aryl methyl sites for hydroxylation is 2. The van der Waals surface area contributed by atoms with Crippen molar-refractivity contribution < 1.29 is 4.74 Å². The Labute approximate surface area is 125 Å². The van der Waals surface area contributed by atoms with E-state index in [9.17, 15) is 0 Å². The first kappa shape index (κ1) is 15.1. The Morgan fingerprint density at radius 3 is 2.55 bits per heavy atom. The molecule has 1 aromatic carbocycles. The van der Waals surface area contributed by atoms with Crippen LogP contribution in [0.1, 0.15) is 42.1 Å². The lowest BCUT2D eigenvalue weighted by molar-refractivity contribution is 0.333. The van der Waals surface area contributed by atoms with Gasteiger partial charge in [0.05, 0.1) is 12.6 Å². The summed E-state index contributed by atoms with van der Waals surface area (Å²) in [7, 11) is 0. The van der Waals surface area contributed by atoms with Crippen LogP contribution >= 0.6 is 11.3 Å².